The first-order chi connectivity index (χ1) is 16.9. The van der Waals surface area contributed by atoms with Gasteiger partial charge < -0.3 is 20.5 Å². The van der Waals surface area contributed by atoms with Crippen LogP contribution in [0.15, 0.2) is 48.5 Å². The first-order valence-corrected chi connectivity index (χ1v) is 12.5. The minimum absolute atomic E-state index is 0.00155. The number of carboxylic acids is 1. The summed E-state index contributed by atoms with van der Waals surface area (Å²) in [5.74, 6) is -1.19. The molecule has 0 saturated heterocycles. The monoisotopic (exact) mass is 478 g/mol. The average Bonchev–Trinajstić information content (AvgIpc) is 3.17. The van der Waals surface area contributed by atoms with Gasteiger partial charge in [-0.1, -0.05) is 74.7 Å². The lowest BCUT2D eigenvalue weighted by Gasteiger charge is -2.34. The lowest BCUT2D eigenvalue weighted by atomic mass is 9.81. The van der Waals surface area contributed by atoms with Gasteiger partial charge in [0.25, 0.3) is 0 Å². The smallest absolute Gasteiger partial charge is 0.407 e. The van der Waals surface area contributed by atoms with Crippen molar-refractivity contribution < 1.29 is 24.2 Å². The highest BCUT2D eigenvalue weighted by atomic mass is 16.5. The van der Waals surface area contributed by atoms with E-state index in [1.807, 2.05) is 31.2 Å². The summed E-state index contributed by atoms with van der Waals surface area (Å²) in [5, 5.41) is 15.2. The van der Waals surface area contributed by atoms with Gasteiger partial charge in [0.1, 0.15) is 12.1 Å². The van der Waals surface area contributed by atoms with E-state index >= 15 is 0 Å². The molecule has 0 bridgehead atoms. The fraction of sp³-hybridized carbons (Fsp3) is 0.464. The van der Waals surface area contributed by atoms with Crippen molar-refractivity contribution in [2.75, 3.05) is 13.2 Å². The molecule has 1 unspecified atom stereocenters. The van der Waals surface area contributed by atoms with E-state index in [0.29, 0.717) is 25.8 Å². The van der Waals surface area contributed by atoms with Crippen molar-refractivity contribution in [1.82, 2.24) is 10.6 Å². The summed E-state index contributed by atoms with van der Waals surface area (Å²) < 4.78 is 5.55. The van der Waals surface area contributed by atoms with Gasteiger partial charge in [-0.05, 0) is 47.4 Å². The van der Waals surface area contributed by atoms with Crippen LogP contribution in [0.4, 0.5) is 4.79 Å². The maximum atomic E-state index is 12.5. The van der Waals surface area contributed by atoms with Gasteiger partial charge in [0.15, 0.2) is 0 Å². The number of hydrogen-bond acceptors (Lipinski definition) is 4. The lowest BCUT2D eigenvalue weighted by Crippen LogP contribution is -2.55. The Balaban J connectivity index is 1.21. The van der Waals surface area contributed by atoms with Gasteiger partial charge in [0.05, 0.1) is 0 Å². The molecule has 0 spiro atoms. The number of benzene rings is 2. The molecule has 2 amide bonds. The molecule has 0 radical (unpaired) electrons. The van der Waals surface area contributed by atoms with Gasteiger partial charge in [0, 0.05) is 18.9 Å². The Kier molecular flexibility index (Phi) is 7.73. The SMILES string of the molecule is CC(CCNC(=O)OCC1c2ccccc2-c2ccccc21)CC(=O)NC1(C(=O)O)CCCCC1. The van der Waals surface area contributed by atoms with Crippen LogP contribution in [-0.4, -0.2) is 41.8 Å². The number of aliphatic carboxylic acids is 1. The minimum atomic E-state index is -1.13. The average molecular weight is 479 g/mol. The summed E-state index contributed by atoms with van der Waals surface area (Å²) >= 11 is 0. The predicted octanol–water partition coefficient (Wildman–Crippen LogP) is 4.85. The maximum Gasteiger partial charge on any atom is 0.407 e. The number of hydrogen-bond donors (Lipinski definition) is 3. The van der Waals surface area contributed by atoms with Crippen LogP contribution in [0, 0.1) is 5.92 Å². The molecule has 35 heavy (non-hydrogen) atoms. The van der Waals surface area contributed by atoms with Gasteiger partial charge >= 0.3 is 12.1 Å². The second-order valence-electron chi connectivity index (χ2n) is 9.85. The molecule has 1 saturated carbocycles. The molecule has 7 nitrogen and oxygen atoms in total. The van der Waals surface area contributed by atoms with Crippen molar-refractivity contribution in [2.45, 2.75) is 63.3 Å². The third kappa shape index (κ3) is 5.66. The van der Waals surface area contributed by atoms with Crippen LogP contribution >= 0.6 is 0 Å². The van der Waals surface area contributed by atoms with Gasteiger partial charge in [-0.25, -0.2) is 9.59 Å². The Bertz CT molecular complexity index is 1030. The summed E-state index contributed by atoms with van der Waals surface area (Å²) in [6, 6.07) is 16.4. The Hall–Kier alpha value is -3.35. The van der Waals surface area contributed by atoms with Gasteiger partial charge in [-0.3, -0.25) is 4.79 Å². The molecule has 4 rings (SSSR count). The summed E-state index contributed by atoms with van der Waals surface area (Å²) in [5.41, 5.74) is 3.56. The summed E-state index contributed by atoms with van der Waals surface area (Å²) in [6.45, 7) is 2.57. The van der Waals surface area contributed by atoms with Crippen LogP contribution < -0.4 is 10.6 Å². The van der Waals surface area contributed by atoms with E-state index in [4.69, 9.17) is 4.74 Å². The van der Waals surface area contributed by atoms with Crippen LogP contribution in [0.1, 0.15) is 68.9 Å². The van der Waals surface area contributed by atoms with Crippen LogP contribution in [0.2, 0.25) is 0 Å². The largest absolute Gasteiger partial charge is 0.480 e. The fourth-order valence-electron chi connectivity index (χ4n) is 5.35. The van der Waals surface area contributed by atoms with E-state index in [0.717, 1.165) is 19.3 Å². The minimum Gasteiger partial charge on any atom is -0.480 e. The highest BCUT2D eigenvalue weighted by Gasteiger charge is 2.41. The van der Waals surface area contributed by atoms with Crippen molar-refractivity contribution in [3.8, 4) is 11.1 Å². The van der Waals surface area contributed by atoms with Crippen molar-refractivity contribution in [3.05, 3.63) is 59.7 Å². The molecule has 2 aromatic carbocycles. The molecule has 2 aliphatic carbocycles. The van der Waals surface area contributed by atoms with E-state index in [9.17, 15) is 19.5 Å². The van der Waals surface area contributed by atoms with E-state index in [-0.39, 0.29) is 30.8 Å². The van der Waals surface area contributed by atoms with Crippen molar-refractivity contribution in [1.29, 1.82) is 0 Å². The van der Waals surface area contributed by atoms with E-state index < -0.39 is 17.6 Å². The van der Waals surface area contributed by atoms with Crippen LogP contribution in [0.25, 0.3) is 11.1 Å². The predicted molar refractivity (Wildman–Crippen MR) is 133 cm³/mol. The quantitative estimate of drug-likeness (QED) is 0.478. The summed E-state index contributed by atoms with van der Waals surface area (Å²) in [6.07, 6.45) is 3.92. The highest BCUT2D eigenvalue weighted by Crippen LogP contribution is 2.44. The number of carbonyl (C=O) groups excluding carboxylic acids is 2. The number of nitrogens with one attached hydrogen (secondary N) is 2. The second-order valence-corrected chi connectivity index (χ2v) is 9.85. The zero-order valence-electron chi connectivity index (χ0n) is 20.2. The molecule has 7 heteroatoms. The summed E-state index contributed by atoms with van der Waals surface area (Å²) in [7, 11) is 0. The fourth-order valence-corrected chi connectivity index (χ4v) is 5.35. The van der Waals surface area contributed by atoms with E-state index in [1.165, 1.54) is 22.3 Å². The number of carbonyl (C=O) groups is 3. The van der Waals surface area contributed by atoms with Gasteiger partial charge in [0.2, 0.25) is 5.91 Å². The van der Waals surface area contributed by atoms with E-state index in [1.54, 1.807) is 0 Å². The molecule has 2 aliphatic rings. The Morgan fingerprint density at radius 2 is 1.60 bits per heavy atom. The number of ether oxygens (including phenoxy) is 1. The number of alkyl carbamates (subject to hydrolysis) is 1. The van der Waals surface area contributed by atoms with Crippen molar-refractivity contribution >= 4 is 18.0 Å². The van der Waals surface area contributed by atoms with Crippen LogP contribution in [0.3, 0.4) is 0 Å². The maximum absolute atomic E-state index is 12.5. The topological polar surface area (TPSA) is 105 Å². The Morgan fingerprint density at radius 3 is 2.20 bits per heavy atom. The number of rotatable bonds is 9. The molecule has 0 heterocycles. The van der Waals surface area contributed by atoms with Crippen LogP contribution in [-0.2, 0) is 14.3 Å². The zero-order valence-corrected chi connectivity index (χ0v) is 20.2. The number of carboxylic acid groups (broad SMARTS) is 1. The van der Waals surface area contributed by atoms with Crippen molar-refractivity contribution in [2.24, 2.45) is 5.92 Å². The first-order valence-electron chi connectivity index (χ1n) is 12.5. The normalized spacial score (nSPS) is 17.1. The molecule has 1 fully saturated rings. The molecular formula is C28H34N2O5. The highest BCUT2D eigenvalue weighted by molar-refractivity contribution is 5.87. The second kappa shape index (κ2) is 10.9. The lowest BCUT2D eigenvalue weighted by molar-refractivity contribution is -0.149. The number of amides is 2. The Morgan fingerprint density at radius 1 is 1.00 bits per heavy atom. The first kappa shape index (κ1) is 24.8. The molecule has 1 atom stereocenters. The van der Waals surface area contributed by atoms with Crippen LogP contribution in [0.5, 0.6) is 0 Å². The van der Waals surface area contributed by atoms with Gasteiger partial charge in [-0.15, -0.1) is 0 Å². The number of fused-ring (bicyclic) bond motifs is 3. The third-order valence-electron chi connectivity index (χ3n) is 7.28. The molecule has 0 aliphatic heterocycles. The Labute approximate surface area is 206 Å². The molecule has 2 aromatic rings. The third-order valence-corrected chi connectivity index (χ3v) is 7.28. The summed E-state index contributed by atoms with van der Waals surface area (Å²) in [4.78, 5) is 36.6. The molecular weight excluding hydrogens is 444 g/mol. The molecule has 3 N–H and O–H groups in total. The van der Waals surface area contributed by atoms with Crippen molar-refractivity contribution in [3.63, 3.8) is 0 Å². The standard InChI is InChI=1S/C28H34N2O5/c1-19(17-25(31)30-28(26(32)33)14-7-2-8-15-28)13-16-29-27(34)35-18-24-22-11-5-3-9-20(22)21-10-4-6-12-23(21)24/h3-6,9-12,19,24H,2,7-8,13-18H2,1H3,(H,29,34)(H,30,31)(H,32,33). The van der Waals surface area contributed by atoms with Gasteiger partial charge in [-0.2, -0.15) is 0 Å². The molecule has 186 valence electrons. The zero-order chi connectivity index (χ0) is 24.8. The van der Waals surface area contributed by atoms with E-state index in [2.05, 4.69) is 34.9 Å². The molecule has 0 aromatic heterocycles.